The Morgan fingerprint density at radius 3 is 0.679 bits per heavy atom. The molecular formula is C12H16Fe2O14. The molecule has 0 saturated carbocycles. The van der Waals surface area contributed by atoms with Gasteiger partial charge in [-0.3, -0.25) is 19.2 Å². The quantitative estimate of drug-likeness (QED) is 0.145. The summed E-state index contributed by atoms with van der Waals surface area (Å²) in [4.78, 5) is 61.0. The van der Waals surface area contributed by atoms with Crippen LogP contribution in [-0.2, 0) is 62.9 Å². The van der Waals surface area contributed by atoms with Crippen LogP contribution < -0.4 is 0 Å². The van der Waals surface area contributed by atoms with Gasteiger partial charge in [0.25, 0.3) is 0 Å². The average Bonchev–Trinajstić information content (AvgIpc) is 2.34. The molecule has 0 aliphatic carbocycles. The van der Waals surface area contributed by atoms with E-state index in [4.69, 9.17) is 40.9 Å². The second kappa shape index (κ2) is 13.9. The second-order valence-electron chi connectivity index (χ2n) is 4.96. The number of hydrogen-bond donors (Lipinski definition) is 8. The Balaban J connectivity index is -0.000000192. The molecule has 0 rings (SSSR count). The molecule has 0 bridgehead atoms. The maximum atomic E-state index is 10.3. The van der Waals surface area contributed by atoms with Crippen molar-refractivity contribution in [1.82, 2.24) is 0 Å². The van der Waals surface area contributed by atoms with E-state index in [9.17, 15) is 28.8 Å². The number of rotatable bonds is 10. The normalized spacial score (nSPS) is 10.1. The molecule has 0 atom stereocenters. The van der Waals surface area contributed by atoms with Crippen molar-refractivity contribution in [2.75, 3.05) is 0 Å². The molecule has 0 aliphatic rings. The summed E-state index contributed by atoms with van der Waals surface area (Å²) < 4.78 is 0. The molecule has 14 nitrogen and oxygen atoms in total. The van der Waals surface area contributed by atoms with Gasteiger partial charge in [0.1, 0.15) is 0 Å². The zero-order chi connectivity index (χ0) is 21.3. The minimum atomic E-state index is -2.74. The van der Waals surface area contributed by atoms with Gasteiger partial charge in [-0.1, -0.05) is 0 Å². The Kier molecular flexibility index (Phi) is 16.5. The summed E-state index contributed by atoms with van der Waals surface area (Å²) in [6.07, 6.45) is -4.58. The standard InChI is InChI=1S/2C6H8O7.2Fe/c2*7-3(8)1-6(13,5(11)12)2-4(9)10;;/h2*13H,1-2H2,(H,7,8)(H,9,10)(H,11,12);;. The molecule has 0 aromatic heterocycles. The predicted molar refractivity (Wildman–Crippen MR) is 74.2 cm³/mol. The van der Waals surface area contributed by atoms with E-state index in [2.05, 4.69) is 0 Å². The van der Waals surface area contributed by atoms with Gasteiger partial charge < -0.3 is 40.9 Å². The third-order valence-electron chi connectivity index (χ3n) is 2.57. The summed E-state index contributed by atoms with van der Waals surface area (Å²) in [5.74, 6) is -10.0. The fourth-order valence-electron chi connectivity index (χ4n) is 1.43. The van der Waals surface area contributed by atoms with Crippen LogP contribution in [-0.4, -0.2) is 87.9 Å². The molecule has 0 aromatic carbocycles. The fraction of sp³-hybridized carbons (Fsp3) is 0.500. The van der Waals surface area contributed by atoms with Crippen molar-refractivity contribution in [3.8, 4) is 0 Å². The molecule has 0 heterocycles. The number of carbonyl (C=O) groups is 6. The van der Waals surface area contributed by atoms with Gasteiger partial charge in [0.05, 0.1) is 25.7 Å². The first kappa shape index (κ1) is 33.4. The van der Waals surface area contributed by atoms with Crippen molar-refractivity contribution in [1.29, 1.82) is 0 Å². The van der Waals surface area contributed by atoms with E-state index in [-0.39, 0.29) is 34.1 Å². The fourth-order valence-corrected chi connectivity index (χ4v) is 1.43. The average molecular weight is 496 g/mol. The first-order valence-electron chi connectivity index (χ1n) is 6.34. The second-order valence-corrected chi connectivity index (χ2v) is 4.96. The molecule has 0 spiro atoms. The molecular weight excluding hydrogens is 480 g/mol. The van der Waals surface area contributed by atoms with Crippen molar-refractivity contribution in [2.24, 2.45) is 0 Å². The van der Waals surface area contributed by atoms with Crippen molar-refractivity contribution in [3.63, 3.8) is 0 Å². The zero-order valence-electron chi connectivity index (χ0n) is 13.6. The minimum absolute atomic E-state index is 0. The number of aliphatic carboxylic acids is 6. The van der Waals surface area contributed by atoms with Crippen LogP contribution in [0.3, 0.4) is 0 Å². The molecule has 0 amide bonds. The van der Waals surface area contributed by atoms with E-state index in [1.54, 1.807) is 0 Å². The van der Waals surface area contributed by atoms with Gasteiger partial charge in [0.2, 0.25) is 0 Å². The van der Waals surface area contributed by atoms with Crippen LogP contribution in [0.1, 0.15) is 25.7 Å². The summed E-state index contributed by atoms with van der Waals surface area (Å²) >= 11 is 0. The Bertz CT molecular complexity index is 517. The van der Waals surface area contributed by atoms with Crippen LogP contribution in [0, 0.1) is 0 Å². The van der Waals surface area contributed by atoms with Crippen molar-refractivity contribution >= 4 is 35.8 Å². The van der Waals surface area contributed by atoms with Gasteiger partial charge in [0.15, 0.2) is 11.2 Å². The SMILES string of the molecule is O=C(O)CC(O)(CC(=O)O)C(=O)O.O=C(O)CC(O)(CC(=O)O)C(=O)O.[Fe].[Fe]. The molecule has 0 fully saturated rings. The van der Waals surface area contributed by atoms with E-state index in [1.807, 2.05) is 0 Å². The molecule has 0 aliphatic heterocycles. The first-order chi connectivity index (χ1) is 11.6. The largest absolute Gasteiger partial charge is 0.481 e. The van der Waals surface area contributed by atoms with E-state index < -0.39 is 72.7 Å². The van der Waals surface area contributed by atoms with Crippen molar-refractivity contribution < 1.29 is 104 Å². The van der Waals surface area contributed by atoms with Gasteiger partial charge in [-0.15, -0.1) is 0 Å². The van der Waals surface area contributed by atoms with Gasteiger partial charge in [-0.25, -0.2) is 9.59 Å². The molecule has 0 saturated heterocycles. The Hall–Kier alpha value is -2.22. The smallest absolute Gasteiger partial charge is 0.336 e. The van der Waals surface area contributed by atoms with Crippen molar-refractivity contribution in [3.05, 3.63) is 0 Å². The van der Waals surface area contributed by atoms with Crippen LogP contribution in [0.25, 0.3) is 0 Å². The summed E-state index contributed by atoms with van der Waals surface area (Å²) in [5.41, 5.74) is -5.48. The van der Waals surface area contributed by atoms with E-state index in [0.717, 1.165) is 0 Å². The third-order valence-corrected chi connectivity index (χ3v) is 2.57. The molecule has 28 heavy (non-hydrogen) atoms. The molecule has 0 radical (unpaired) electrons. The Morgan fingerprint density at radius 2 is 0.607 bits per heavy atom. The molecule has 0 unspecified atom stereocenters. The molecule has 8 N–H and O–H groups in total. The van der Waals surface area contributed by atoms with E-state index in [1.165, 1.54) is 0 Å². The number of carboxylic acid groups (broad SMARTS) is 6. The summed E-state index contributed by atoms with van der Waals surface area (Å²) in [5, 5.41) is 67.6. The molecule has 16 heteroatoms. The predicted octanol–water partition coefficient (Wildman–Crippen LogP) is -2.50. The first-order valence-corrected chi connectivity index (χ1v) is 6.34. The van der Waals surface area contributed by atoms with Gasteiger partial charge in [0, 0.05) is 34.1 Å². The summed E-state index contributed by atoms with van der Waals surface area (Å²) in [7, 11) is 0. The number of carboxylic acids is 6. The Labute approximate surface area is 176 Å². The van der Waals surface area contributed by atoms with Crippen molar-refractivity contribution in [2.45, 2.75) is 36.9 Å². The minimum Gasteiger partial charge on any atom is -0.481 e. The number of hydrogen-bond acceptors (Lipinski definition) is 8. The molecule has 164 valence electrons. The maximum Gasteiger partial charge on any atom is 0.336 e. The monoisotopic (exact) mass is 496 g/mol. The van der Waals surface area contributed by atoms with E-state index in [0.29, 0.717) is 0 Å². The Morgan fingerprint density at radius 1 is 0.464 bits per heavy atom. The molecule has 0 aromatic rings. The van der Waals surface area contributed by atoms with Gasteiger partial charge in [-0.2, -0.15) is 0 Å². The van der Waals surface area contributed by atoms with Gasteiger partial charge >= 0.3 is 35.8 Å². The van der Waals surface area contributed by atoms with Crippen LogP contribution in [0.2, 0.25) is 0 Å². The third kappa shape index (κ3) is 13.9. The summed E-state index contributed by atoms with van der Waals surface area (Å²) in [6, 6.07) is 0. The van der Waals surface area contributed by atoms with Crippen LogP contribution >= 0.6 is 0 Å². The number of aliphatic hydroxyl groups is 2. The van der Waals surface area contributed by atoms with Crippen LogP contribution in [0.4, 0.5) is 0 Å². The topological polar surface area (TPSA) is 264 Å². The van der Waals surface area contributed by atoms with Crippen LogP contribution in [0.15, 0.2) is 0 Å². The zero-order valence-corrected chi connectivity index (χ0v) is 15.8. The van der Waals surface area contributed by atoms with Crippen LogP contribution in [0.5, 0.6) is 0 Å². The summed E-state index contributed by atoms with van der Waals surface area (Å²) in [6.45, 7) is 0. The van der Waals surface area contributed by atoms with Gasteiger partial charge in [-0.05, 0) is 0 Å². The maximum absolute atomic E-state index is 10.3. The van der Waals surface area contributed by atoms with E-state index >= 15 is 0 Å².